The Kier molecular flexibility index (Phi) is 14.0. The molecule has 2 nitrogen and oxygen atoms in total. The fourth-order valence-electron chi connectivity index (χ4n) is 3.53. The van der Waals surface area contributed by atoms with Gasteiger partial charge in [-0.3, -0.25) is 0 Å². The molecule has 23 heavy (non-hydrogen) atoms. The maximum atomic E-state index is 9.44. The molecule has 0 amide bonds. The van der Waals surface area contributed by atoms with Crippen molar-refractivity contribution in [3.63, 3.8) is 0 Å². The zero-order valence-corrected chi connectivity index (χ0v) is 17.8. The third-order valence-corrected chi connectivity index (χ3v) is 10.8. The van der Waals surface area contributed by atoms with Crippen LogP contribution in [0.3, 0.4) is 0 Å². The molecule has 2 N–H and O–H groups in total. The average Bonchev–Trinajstić information content (AvgIpc) is 2.52. The molecule has 0 saturated carbocycles. The zero-order chi connectivity index (χ0) is 18.6. The van der Waals surface area contributed by atoms with Crippen molar-refractivity contribution in [2.24, 2.45) is 0 Å². The van der Waals surface area contributed by atoms with Crippen LogP contribution >= 0.6 is 10.0 Å². The van der Waals surface area contributed by atoms with Gasteiger partial charge in [0.15, 0.2) is 0 Å². The van der Waals surface area contributed by atoms with Crippen LogP contribution in [0.25, 0.3) is 0 Å². The number of aliphatic hydroxyl groups is 2. The lowest BCUT2D eigenvalue weighted by atomic mass is 10.0. The van der Waals surface area contributed by atoms with E-state index in [-0.39, 0.29) is 0 Å². The molecule has 0 unspecified atom stereocenters. The maximum Gasteiger partial charge on any atom is 0.0925 e. The Morgan fingerprint density at radius 2 is 1.30 bits per heavy atom. The Bertz CT molecular complexity index is 333. The first-order valence-electron chi connectivity index (χ1n) is 9.10. The van der Waals surface area contributed by atoms with E-state index in [1.165, 1.54) is 17.7 Å². The van der Waals surface area contributed by atoms with Gasteiger partial charge >= 0.3 is 0 Å². The SMILES string of the molecule is CC.CC(C)S(CCC1=CC=C(O)CC1)(C(C)C)C(C)C.CO. The molecular formula is C20H42O2S. The molecule has 0 aromatic carbocycles. The highest BCUT2D eigenvalue weighted by Gasteiger charge is 2.34. The Labute approximate surface area is 147 Å². The van der Waals surface area contributed by atoms with E-state index in [2.05, 4.69) is 47.6 Å². The minimum atomic E-state index is -0.583. The molecular weight excluding hydrogens is 304 g/mol. The molecule has 1 aliphatic carbocycles. The normalized spacial score (nSPS) is 15.3. The molecule has 0 spiro atoms. The van der Waals surface area contributed by atoms with E-state index in [1.54, 1.807) is 0 Å². The number of aliphatic hydroxyl groups excluding tert-OH is 2. The number of allylic oxidation sites excluding steroid dienone is 4. The van der Waals surface area contributed by atoms with Gasteiger partial charge in [-0.25, -0.2) is 10.0 Å². The average molecular weight is 347 g/mol. The van der Waals surface area contributed by atoms with Crippen molar-refractivity contribution in [1.29, 1.82) is 0 Å². The molecule has 0 bridgehead atoms. The molecule has 0 fully saturated rings. The molecule has 0 aromatic heterocycles. The lowest BCUT2D eigenvalue weighted by Crippen LogP contribution is -2.31. The van der Waals surface area contributed by atoms with Gasteiger partial charge in [0.1, 0.15) is 0 Å². The van der Waals surface area contributed by atoms with Crippen molar-refractivity contribution in [2.75, 3.05) is 12.9 Å². The third kappa shape index (κ3) is 7.34. The first-order valence-corrected chi connectivity index (χ1v) is 11.1. The molecule has 3 heteroatoms. The van der Waals surface area contributed by atoms with E-state index in [0.717, 1.165) is 35.7 Å². The molecule has 0 aliphatic heterocycles. The van der Waals surface area contributed by atoms with Crippen molar-refractivity contribution >= 4 is 10.0 Å². The summed E-state index contributed by atoms with van der Waals surface area (Å²) < 4.78 is 0. The number of hydrogen-bond donors (Lipinski definition) is 2. The predicted octanol–water partition coefficient (Wildman–Crippen LogP) is 6.20. The lowest BCUT2D eigenvalue weighted by Gasteiger charge is -2.52. The van der Waals surface area contributed by atoms with Crippen molar-refractivity contribution in [2.45, 2.75) is 90.4 Å². The van der Waals surface area contributed by atoms with Crippen LogP contribution < -0.4 is 0 Å². The monoisotopic (exact) mass is 346 g/mol. The molecule has 0 radical (unpaired) electrons. The van der Waals surface area contributed by atoms with E-state index in [1.807, 2.05) is 19.9 Å². The van der Waals surface area contributed by atoms with E-state index < -0.39 is 10.0 Å². The summed E-state index contributed by atoms with van der Waals surface area (Å²) >= 11 is 0. The van der Waals surface area contributed by atoms with Crippen molar-refractivity contribution in [1.82, 2.24) is 0 Å². The van der Waals surface area contributed by atoms with Crippen molar-refractivity contribution in [3.05, 3.63) is 23.5 Å². The van der Waals surface area contributed by atoms with Gasteiger partial charge in [-0.15, -0.1) is 0 Å². The van der Waals surface area contributed by atoms with E-state index in [9.17, 15) is 5.11 Å². The Morgan fingerprint density at radius 3 is 1.61 bits per heavy atom. The summed E-state index contributed by atoms with van der Waals surface area (Å²) in [6.07, 6.45) is 7.12. The summed E-state index contributed by atoms with van der Waals surface area (Å²) in [4.78, 5) is 0. The van der Waals surface area contributed by atoms with E-state index in [0.29, 0.717) is 5.76 Å². The fourth-order valence-corrected chi connectivity index (χ4v) is 8.82. The van der Waals surface area contributed by atoms with Crippen LogP contribution in [0.5, 0.6) is 0 Å². The van der Waals surface area contributed by atoms with Crippen LogP contribution in [0, 0.1) is 0 Å². The van der Waals surface area contributed by atoms with Crippen LogP contribution in [0.15, 0.2) is 23.5 Å². The number of rotatable bonds is 6. The second-order valence-corrected chi connectivity index (χ2v) is 11.5. The van der Waals surface area contributed by atoms with E-state index in [4.69, 9.17) is 5.11 Å². The summed E-state index contributed by atoms with van der Waals surface area (Å²) in [5.41, 5.74) is 1.52. The second-order valence-electron chi connectivity index (χ2n) is 6.49. The van der Waals surface area contributed by atoms with Crippen LogP contribution in [0.2, 0.25) is 0 Å². The minimum Gasteiger partial charge on any atom is -0.512 e. The molecule has 0 atom stereocenters. The van der Waals surface area contributed by atoms with Gasteiger partial charge in [0, 0.05) is 13.5 Å². The van der Waals surface area contributed by atoms with Gasteiger partial charge in [0.25, 0.3) is 0 Å². The molecule has 1 aliphatic rings. The Balaban J connectivity index is 0. The molecule has 0 aromatic rings. The minimum absolute atomic E-state index is 0.541. The summed E-state index contributed by atoms with van der Waals surface area (Å²) in [7, 11) is 0.417. The quantitative estimate of drug-likeness (QED) is 0.601. The predicted molar refractivity (Wildman–Crippen MR) is 110 cm³/mol. The maximum absolute atomic E-state index is 9.44. The molecule has 0 saturated heterocycles. The van der Waals surface area contributed by atoms with Crippen molar-refractivity contribution in [3.8, 4) is 0 Å². The Hall–Kier alpha value is -0.410. The summed E-state index contributed by atoms with van der Waals surface area (Å²) in [5, 5.41) is 18.8. The van der Waals surface area contributed by atoms with Gasteiger partial charge in [-0.05, 0) is 40.4 Å². The largest absolute Gasteiger partial charge is 0.512 e. The second kappa shape index (κ2) is 12.9. The fraction of sp³-hybridized carbons (Fsp3) is 0.800. The third-order valence-electron chi connectivity index (χ3n) is 4.62. The molecule has 0 heterocycles. The molecule has 140 valence electrons. The highest BCUT2D eigenvalue weighted by molar-refractivity contribution is 8.35. The van der Waals surface area contributed by atoms with Gasteiger partial charge in [-0.1, -0.05) is 67.0 Å². The zero-order valence-electron chi connectivity index (χ0n) is 17.0. The highest BCUT2D eigenvalue weighted by atomic mass is 32.3. The van der Waals surface area contributed by atoms with Gasteiger partial charge in [-0.2, -0.15) is 0 Å². The van der Waals surface area contributed by atoms with Gasteiger partial charge < -0.3 is 10.2 Å². The summed E-state index contributed by atoms with van der Waals surface area (Å²) in [5.74, 6) is 1.89. The first kappa shape index (κ1) is 24.8. The highest BCUT2D eigenvalue weighted by Crippen LogP contribution is 2.61. The van der Waals surface area contributed by atoms with E-state index >= 15 is 0 Å². The first-order chi connectivity index (χ1) is 10.8. The van der Waals surface area contributed by atoms with Crippen LogP contribution in [0.4, 0.5) is 0 Å². The molecule has 1 rings (SSSR count). The number of hydrogen-bond acceptors (Lipinski definition) is 2. The van der Waals surface area contributed by atoms with Crippen LogP contribution in [-0.2, 0) is 0 Å². The Morgan fingerprint density at radius 1 is 0.870 bits per heavy atom. The summed E-state index contributed by atoms with van der Waals surface area (Å²) in [6.45, 7) is 18.5. The standard InChI is InChI=1S/C17H32OS.C2H6.CH4O/c1-13(2)19(14(3)4,15(5)6)12-11-16-7-9-17(18)10-8-16;2*1-2/h7,9,13-15,18H,8,10-12H2,1-6H3;1-2H3;2H,1H3. The van der Waals surface area contributed by atoms with Crippen molar-refractivity contribution < 1.29 is 10.2 Å². The smallest absolute Gasteiger partial charge is 0.0925 e. The lowest BCUT2D eigenvalue weighted by molar-refractivity contribution is 0.385. The van der Waals surface area contributed by atoms with Gasteiger partial charge in [0.05, 0.1) is 5.76 Å². The van der Waals surface area contributed by atoms with Crippen LogP contribution in [-0.4, -0.2) is 38.8 Å². The van der Waals surface area contributed by atoms with Crippen LogP contribution in [0.1, 0.15) is 74.7 Å². The summed E-state index contributed by atoms with van der Waals surface area (Å²) in [6, 6.07) is 0. The van der Waals surface area contributed by atoms with Gasteiger partial charge in [0.2, 0.25) is 0 Å². The topological polar surface area (TPSA) is 40.5 Å².